The van der Waals surface area contributed by atoms with Crippen molar-refractivity contribution in [3.8, 4) is 0 Å². The summed E-state index contributed by atoms with van der Waals surface area (Å²) in [5, 5.41) is 9.59. The van der Waals surface area contributed by atoms with Crippen LogP contribution in [0.5, 0.6) is 0 Å². The van der Waals surface area contributed by atoms with Gasteiger partial charge in [-0.05, 0) is 50.9 Å². The lowest BCUT2D eigenvalue weighted by Crippen LogP contribution is -2.30. The van der Waals surface area contributed by atoms with Crippen LogP contribution in [0.25, 0.3) is 0 Å². The van der Waals surface area contributed by atoms with Crippen molar-refractivity contribution >= 4 is 11.8 Å². The smallest absolute Gasteiger partial charge is 0.306 e. The highest BCUT2D eigenvalue weighted by Gasteiger charge is 2.22. The van der Waals surface area contributed by atoms with Gasteiger partial charge in [0.2, 0.25) is 0 Å². The molecule has 1 aromatic heterocycles. The Morgan fingerprint density at radius 3 is 2.59 bits per heavy atom. The third-order valence-corrected chi connectivity index (χ3v) is 6.37. The van der Waals surface area contributed by atoms with E-state index in [0.717, 1.165) is 37.3 Å². The van der Waals surface area contributed by atoms with Gasteiger partial charge in [0.15, 0.2) is 0 Å². The van der Waals surface area contributed by atoms with Crippen LogP contribution in [0.4, 0.5) is 0 Å². The maximum atomic E-state index is 12.0. The number of Topliss-reactive ketones (excluding diaryl/α,β-unsaturated/α-hetero) is 1. The molecule has 1 aromatic rings. The topological polar surface area (TPSA) is 98.2 Å². The summed E-state index contributed by atoms with van der Waals surface area (Å²) in [4.78, 5) is 28.2. The van der Waals surface area contributed by atoms with Gasteiger partial charge >= 0.3 is 5.97 Å². The Morgan fingerprint density at radius 1 is 1.21 bits per heavy atom. The number of carbonyl (C=O) groups excluding carboxylic acids is 1. The van der Waals surface area contributed by atoms with Gasteiger partial charge in [0.25, 0.3) is 0 Å². The van der Waals surface area contributed by atoms with Crippen molar-refractivity contribution in [2.75, 3.05) is 0 Å². The highest BCUT2D eigenvalue weighted by atomic mass is 16.4. The molecule has 1 aliphatic rings. The third kappa shape index (κ3) is 7.92. The molecule has 1 saturated carbocycles. The zero-order valence-electron chi connectivity index (χ0n) is 18.2. The van der Waals surface area contributed by atoms with E-state index in [4.69, 9.17) is 5.73 Å². The van der Waals surface area contributed by atoms with Gasteiger partial charge in [0.05, 0.1) is 24.0 Å². The van der Waals surface area contributed by atoms with Gasteiger partial charge in [0, 0.05) is 25.1 Å². The molecule has 1 aliphatic carbocycles. The first kappa shape index (κ1) is 23.6. The number of imidazole rings is 1. The summed E-state index contributed by atoms with van der Waals surface area (Å²) in [7, 11) is 0. The van der Waals surface area contributed by atoms with Gasteiger partial charge in [-0.25, -0.2) is 4.98 Å². The Balaban J connectivity index is 1.76. The lowest BCUT2D eigenvalue weighted by Gasteiger charge is -2.26. The fourth-order valence-electron chi connectivity index (χ4n) is 4.25. The highest BCUT2D eigenvalue weighted by Crippen LogP contribution is 2.32. The highest BCUT2D eigenvalue weighted by molar-refractivity contribution is 5.83. The van der Waals surface area contributed by atoms with Gasteiger partial charge < -0.3 is 15.4 Å². The second kappa shape index (κ2) is 12.1. The van der Waals surface area contributed by atoms with Gasteiger partial charge in [-0.15, -0.1) is 0 Å². The first-order valence-corrected chi connectivity index (χ1v) is 11.4. The molecule has 0 saturated heterocycles. The number of hydrogen-bond donors (Lipinski definition) is 2. The number of carbonyl (C=O) groups is 2. The maximum absolute atomic E-state index is 12.0. The van der Waals surface area contributed by atoms with E-state index in [1.165, 1.54) is 25.7 Å². The van der Waals surface area contributed by atoms with Crippen LogP contribution in [0, 0.1) is 11.8 Å². The van der Waals surface area contributed by atoms with Crippen molar-refractivity contribution in [3.05, 3.63) is 18.2 Å². The Labute approximate surface area is 175 Å². The van der Waals surface area contributed by atoms with E-state index >= 15 is 0 Å². The number of unbranched alkanes of at least 4 members (excludes halogenated alkanes) is 2. The van der Waals surface area contributed by atoms with Crippen molar-refractivity contribution in [2.45, 2.75) is 103 Å². The largest absolute Gasteiger partial charge is 0.481 e. The molecule has 3 N–H and O–H groups in total. The summed E-state index contributed by atoms with van der Waals surface area (Å²) in [5.41, 5.74) is 6.77. The van der Waals surface area contributed by atoms with Crippen molar-refractivity contribution in [2.24, 2.45) is 17.6 Å². The van der Waals surface area contributed by atoms with Gasteiger partial charge in [-0.2, -0.15) is 0 Å². The SMILES string of the molecule is CCCC[C@H](N)C(=O)CCCCC(Cc1cn(C2CCC(C)CC2)cn1)C(=O)O. The number of nitrogens with zero attached hydrogens (tertiary/aromatic N) is 2. The number of aromatic nitrogens is 2. The normalized spacial score (nSPS) is 21.6. The Morgan fingerprint density at radius 2 is 1.93 bits per heavy atom. The summed E-state index contributed by atoms with van der Waals surface area (Å²) in [5.74, 6) is -0.324. The molecule has 2 atom stereocenters. The van der Waals surface area contributed by atoms with Gasteiger partial charge in [-0.1, -0.05) is 33.1 Å². The first-order valence-electron chi connectivity index (χ1n) is 11.4. The molecule has 164 valence electrons. The molecule has 6 nitrogen and oxygen atoms in total. The number of ketones is 1. The van der Waals surface area contributed by atoms with E-state index in [9.17, 15) is 14.7 Å². The fraction of sp³-hybridized carbons (Fsp3) is 0.783. The molecule has 29 heavy (non-hydrogen) atoms. The number of nitrogens with two attached hydrogens (primary N) is 1. The lowest BCUT2D eigenvalue weighted by atomic mass is 9.87. The average Bonchev–Trinajstić information content (AvgIpc) is 3.17. The molecule has 0 amide bonds. The van der Waals surface area contributed by atoms with Crippen molar-refractivity contribution in [1.29, 1.82) is 0 Å². The molecule has 0 spiro atoms. The minimum Gasteiger partial charge on any atom is -0.481 e. The fourth-order valence-corrected chi connectivity index (χ4v) is 4.25. The van der Waals surface area contributed by atoms with Crippen LogP contribution in [0.15, 0.2) is 12.5 Å². The molecular formula is C23H39N3O3. The number of carboxylic acid groups (broad SMARTS) is 1. The van der Waals surface area contributed by atoms with E-state index in [2.05, 4.69) is 23.4 Å². The van der Waals surface area contributed by atoms with E-state index in [0.29, 0.717) is 31.7 Å². The van der Waals surface area contributed by atoms with Crippen molar-refractivity contribution < 1.29 is 14.7 Å². The summed E-state index contributed by atoms with van der Waals surface area (Å²) in [6, 6.07) is 0.135. The number of carboxylic acids is 1. The Bertz CT molecular complexity index is 635. The second-order valence-electron chi connectivity index (χ2n) is 8.93. The zero-order valence-corrected chi connectivity index (χ0v) is 18.2. The molecule has 0 bridgehead atoms. The van der Waals surface area contributed by atoms with Crippen LogP contribution in [-0.2, 0) is 16.0 Å². The van der Waals surface area contributed by atoms with Crippen LogP contribution in [0.1, 0.15) is 96.2 Å². The standard InChI is InChI=1S/C23H39N3O3/c1-3-4-8-21(24)22(27)9-6-5-7-18(23(28)29)14-19-15-26(16-25-19)20-12-10-17(2)11-13-20/h15-18,20-21H,3-14,24H2,1-2H3,(H,28,29)/t17?,18?,20?,21-/m0/s1. The summed E-state index contributed by atoms with van der Waals surface area (Å²) >= 11 is 0. The van der Waals surface area contributed by atoms with Gasteiger partial charge in [-0.3, -0.25) is 9.59 Å². The minimum atomic E-state index is -0.781. The van der Waals surface area contributed by atoms with E-state index < -0.39 is 11.9 Å². The average molecular weight is 406 g/mol. The molecule has 1 heterocycles. The van der Waals surface area contributed by atoms with Crippen LogP contribution >= 0.6 is 0 Å². The predicted octanol–water partition coefficient (Wildman–Crippen LogP) is 4.52. The van der Waals surface area contributed by atoms with Crippen LogP contribution < -0.4 is 5.73 Å². The molecule has 1 unspecified atom stereocenters. The number of rotatable bonds is 13. The Kier molecular flexibility index (Phi) is 9.85. The molecule has 2 rings (SSSR count). The number of aliphatic carboxylic acids is 1. The first-order chi connectivity index (χ1) is 13.9. The van der Waals surface area contributed by atoms with Crippen LogP contribution in [0.3, 0.4) is 0 Å². The third-order valence-electron chi connectivity index (χ3n) is 6.37. The van der Waals surface area contributed by atoms with Gasteiger partial charge in [0.1, 0.15) is 5.78 Å². The molecule has 0 aliphatic heterocycles. The minimum absolute atomic E-state index is 0.103. The maximum Gasteiger partial charge on any atom is 0.306 e. The molecule has 6 heteroatoms. The molecule has 0 aromatic carbocycles. The molecule has 1 fully saturated rings. The van der Waals surface area contributed by atoms with Crippen molar-refractivity contribution in [3.63, 3.8) is 0 Å². The van der Waals surface area contributed by atoms with E-state index in [1.807, 2.05) is 12.5 Å². The van der Waals surface area contributed by atoms with E-state index in [1.54, 1.807) is 0 Å². The summed E-state index contributed by atoms with van der Waals surface area (Å²) in [6.07, 6.45) is 14.4. The molecule has 0 radical (unpaired) electrons. The monoisotopic (exact) mass is 405 g/mol. The quantitative estimate of drug-likeness (QED) is 0.470. The zero-order chi connectivity index (χ0) is 21.2. The Hall–Kier alpha value is -1.69. The van der Waals surface area contributed by atoms with Crippen LogP contribution in [0.2, 0.25) is 0 Å². The lowest BCUT2D eigenvalue weighted by molar-refractivity contribution is -0.142. The molecular weight excluding hydrogens is 366 g/mol. The summed E-state index contributed by atoms with van der Waals surface area (Å²) < 4.78 is 2.18. The summed E-state index contributed by atoms with van der Waals surface area (Å²) in [6.45, 7) is 4.39. The van der Waals surface area contributed by atoms with Crippen LogP contribution in [-0.4, -0.2) is 32.5 Å². The van der Waals surface area contributed by atoms with Crippen molar-refractivity contribution in [1.82, 2.24) is 9.55 Å². The predicted molar refractivity (Wildman–Crippen MR) is 115 cm³/mol. The number of hydrogen-bond acceptors (Lipinski definition) is 4. The van der Waals surface area contributed by atoms with E-state index in [-0.39, 0.29) is 11.8 Å². The second-order valence-corrected chi connectivity index (χ2v) is 8.93.